The summed E-state index contributed by atoms with van der Waals surface area (Å²) in [7, 11) is -3.22. The molecule has 0 atom stereocenters. The summed E-state index contributed by atoms with van der Waals surface area (Å²) in [5.41, 5.74) is 0.764. The molecule has 1 aromatic heterocycles. The Morgan fingerprint density at radius 2 is 2.17 bits per heavy atom. The van der Waals surface area contributed by atoms with E-state index in [1.807, 2.05) is 0 Å². The molecule has 0 fully saturated rings. The molecule has 0 amide bonds. The van der Waals surface area contributed by atoms with Gasteiger partial charge >= 0.3 is 5.97 Å². The van der Waals surface area contributed by atoms with Gasteiger partial charge in [0.1, 0.15) is 17.1 Å². The predicted octanol–water partition coefficient (Wildman–Crippen LogP) is 1.57. The van der Waals surface area contributed by atoms with Crippen molar-refractivity contribution >= 4 is 42.8 Å². The second-order valence-electron chi connectivity index (χ2n) is 3.91. The first kappa shape index (κ1) is 13.0. The zero-order chi connectivity index (χ0) is 13.5. The number of carboxylic acid groups (broad SMARTS) is 1. The minimum atomic E-state index is -3.22. The SMILES string of the molecule is CS(=O)(=O)Cc1nc2c(C(=O)O)cc(Br)cc2[nH]1. The number of nitrogens with one attached hydrogen (secondary N) is 1. The average Bonchev–Trinajstić information content (AvgIpc) is 2.54. The van der Waals surface area contributed by atoms with Crippen LogP contribution in [0.4, 0.5) is 0 Å². The third-order valence-corrected chi connectivity index (χ3v) is 3.49. The van der Waals surface area contributed by atoms with E-state index in [1.54, 1.807) is 6.07 Å². The fraction of sp³-hybridized carbons (Fsp3) is 0.200. The van der Waals surface area contributed by atoms with Gasteiger partial charge in [-0.3, -0.25) is 0 Å². The van der Waals surface area contributed by atoms with E-state index < -0.39 is 15.8 Å². The number of benzene rings is 1. The lowest BCUT2D eigenvalue weighted by Gasteiger charge is -1.96. The van der Waals surface area contributed by atoms with Crippen LogP contribution in [-0.2, 0) is 15.6 Å². The average molecular weight is 333 g/mol. The minimum absolute atomic E-state index is 0.0235. The summed E-state index contributed by atoms with van der Waals surface area (Å²) in [6.07, 6.45) is 1.09. The molecule has 0 aliphatic carbocycles. The number of hydrogen-bond donors (Lipinski definition) is 2. The van der Waals surface area contributed by atoms with Crippen molar-refractivity contribution < 1.29 is 18.3 Å². The van der Waals surface area contributed by atoms with Crippen LogP contribution in [0.5, 0.6) is 0 Å². The first-order chi connectivity index (χ1) is 8.26. The predicted molar refractivity (Wildman–Crippen MR) is 69.3 cm³/mol. The van der Waals surface area contributed by atoms with Crippen LogP contribution >= 0.6 is 15.9 Å². The summed E-state index contributed by atoms with van der Waals surface area (Å²) in [5.74, 6) is -1.13. The standard InChI is InChI=1S/C10H9BrN2O4S/c1-18(16,17)4-8-12-7-3-5(11)2-6(10(14)15)9(7)13-8/h2-3H,4H2,1H3,(H,12,13)(H,14,15). The molecule has 0 unspecified atom stereocenters. The lowest BCUT2D eigenvalue weighted by molar-refractivity contribution is 0.0698. The number of halogens is 1. The maximum Gasteiger partial charge on any atom is 0.338 e. The number of aromatic nitrogens is 2. The molecule has 1 aromatic carbocycles. The smallest absolute Gasteiger partial charge is 0.338 e. The van der Waals surface area contributed by atoms with Crippen molar-refractivity contribution in [2.75, 3.05) is 6.26 Å². The molecule has 6 nitrogen and oxygen atoms in total. The fourth-order valence-electron chi connectivity index (χ4n) is 1.61. The van der Waals surface area contributed by atoms with Crippen LogP contribution < -0.4 is 0 Å². The lowest BCUT2D eigenvalue weighted by atomic mass is 10.2. The Morgan fingerprint density at radius 3 is 2.72 bits per heavy atom. The van der Waals surface area contributed by atoms with Crippen molar-refractivity contribution in [2.45, 2.75) is 5.75 Å². The lowest BCUT2D eigenvalue weighted by Crippen LogP contribution is -2.02. The van der Waals surface area contributed by atoms with Gasteiger partial charge in [0.15, 0.2) is 9.84 Å². The van der Waals surface area contributed by atoms with E-state index in [0.29, 0.717) is 9.99 Å². The molecule has 1 heterocycles. The molecule has 0 saturated heterocycles. The number of H-pyrrole nitrogens is 1. The summed E-state index contributed by atoms with van der Waals surface area (Å²) < 4.78 is 22.9. The van der Waals surface area contributed by atoms with Gasteiger partial charge in [-0.25, -0.2) is 18.2 Å². The van der Waals surface area contributed by atoms with Crippen molar-refractivity contribution in [1.82, 2.24) is 9.97 Å². The highest BCUT2D eigenvalue weighted by Crippen LogP contribution is 2.23. The van der Waals surface area contributed by atoms with Gasteiger partial charge in [-0.1, -0.05) is 15.9 Å². The van der Waals surface area contributed by atoms with Crippen LogP contribution in [-0.4, -0.2) is 35.7 Å². The first-order valence-corrected chi connectivity index (χ1v) is 7.71. The van der Waals surface area contributed by atoms with E-state index in [-0.39, 0.29) is 22.7 Å². The molecular weight excluding hydrogens is 324 g/mol. The number of aromatic carboxylic acids is 1. The maximum absolute atomic E-state index is 11.2. The van der Waals surface area contributed by atoms with Crippen LogP contribution in [0.3, 0.4) is 0 Å². The van der Waals surface area contributed by atoms with Gasteiger partial charge in [0, 0.05) is 10.7 Å². The summed E-state index contributed by atoms with van der Waals surface area (Å²) >= 11 is 3.19. The van der Waals surface area contributed by atoms with Gasteiger partial charge in [-0.15, -0.1) is 0 Å². The van der Waals surface area contributed by atoms with Gasteiger partial charge in [-0.05, 0) is 12.1 Å². The van der Waals surface area contributed by atoms with E-state index in [4.69, 9.17) is 5.11 Å². The van der Waals surface area contributed by atoms with E-state index in [0.717, 1.165) is 6.26 Å². The number of nitrogens with zero attached hydrogens (tertiary/aromatic N) is 1. The number of fused-ring (bicyclic) bond motifs is 1. The number of sulfone groups is 1. The molecule has 96 valence electrons. The van der Waals surface area contributed by atoms with Crippen LogP contribution in [0.15, 0.2) is 16.6 Å². The maximum atomic E-state index is 11.2. The molecule has 2 rings (SSSR count). The number of imidazole rings is 1. The Bertz CT molecular complexity index is 736. The van der Waals surface area contributed by atoms with Crippen molar-refractivity contribution in [1.29, 1.82) is 0 Å². The Morgan fingerprint density at radius 1 is 1.50 bits per heavy atom. The summed E-state index contributed by atoms with van der Waals surface area (Å²) in [5, 5.41) is 9.06. The third kappa shape index (κ3) is 2.70. The third-order valence-electron chi connectivity index (χ3n) is 2.23. The minimum Gasteiger partial charge on any atom is -0.478 e. The van der Waals surface area contributed by atoms with E-state index >= 15 is 0 Å². The van der Waals surface area contributed by atoms with Gasteiger partial charge < -0.3 is 10.1 Å². The molecule has 0 radical (unpaired) electrons. The molecule has 0 saturated carbocycles. The van der Waals surface area contributed by atoms with Crippen LogP contribution in [0, 0.1) is 0 Å². The number of aromatic amines is 1. The van der Waals surface area contributed by atoms with E-state index in [2.05, 4.69) is 25.9 Å². The van der Waals surface area contributed by atoms with E-state index in [9.17, 15) is 13.2 Å². The Labute approximate surface area is 111 Å². The molecule has 2 N–H and O–H groups in total. The number of carbonyl (C=O) groups is 1. The quantitative estimate of drug-likeness (QED) is 0.888. The molecule has 18 heavy (non-hydrogen) atoms. The molecule has 0 spiro atoms. The summed E-state index contributed by atoms with van der Waals surface area (Å²) in [6, 6.07) is 3.08. The first-order valence-electron chi connectivity index (χ1n) is 4.85. The monoisotopic (exact) mass is 332 g/mol. The number of rotatable bonds is 3. The van der Waals surface area contributed by atoms with Gasteiger partial charge in [0.05, 0.1) is 11.1 Å². The molecule has 0 bridgehead atoms. The molecule has 0 aliphatic rings. The van der Waals surface area contributed by atoms with Crippen molar-refractivity contribution in [3.8, 4) is 0 Å². The van der Waals surface area contributed by atoms with Crippen LogP contribution in [0.2, 0.25) is 0 Å². The normalized spacial score (nSPS) is 11.9. The number of carboxylic acids is 1. The number of hydrogen-bond acceptors (Lipinski definition) is 4. The van der Waals surface area contributed by atoms with Crippen molar-refractivity contribution in [3.05, 3.63) is 28.0 Å². The molecule has 8 heteroatoms. The van der Waals surface area contributed by atoms with Gasteiger partial charge in [0.2, 0.25) is 0 Å². The zero-order valence-corrected chi connectivity index (χ0v) is 11.7. The zero-order valence-electron chi connectivity index (χ0n) is 9.27. The van der Waals surface area contributed by atoms with Crippen molar-refractivity contribution in [3.63, 3.8) is 0 Å². The summed E-state index contributed by atoms with van der Waals surface area (Å²) in [4.78, 5) is 17.9. The fourth-order valence-corrected chi connectivity index (χ4v) is 2.70. The highest BCUT2D eigenvalue weighted by atomic mass is 79.9. The highest BCUT2D eigenvalue weighted by Gasteiger charge is 2.16. The summed E-state index contributed by atoms with van der Waals surface area (Å²) in [6.45, 7) is 0. The van der Waals surface area contributed by atoms with Crippen molar-refractivity contribution in [2.24, 2.45) is 0 Å². The molecule has 0 aliphatic heterocycles. The second-order valence-corrected chi connectivity index (χ2v) is 6.96. The topological polar surface area (TPSA) is 100 Å². The van der Waals surface area contributed by atoms with Crippen LogP contribution in [0.1, 0.15) is 16.2 Å². The highest BCUT2D eigenvalue weighted by molar-refractivity contribution is 9.10. The molecule has 2 aromatic rings. The Balaban J connectivity index is 2.64. The van der Waals surface area contributed by atoms with Gasteiger partial charge in [-0.2, -0.15) is 0 Å². The Hall–Kier alpha value is -1.41. The van der Waals surface area contributed by atoms with Crippen LogP contribution in [0.25, 0.3) is 11.0 Å². The van der Waals surface area contributed by atoms with E-state index in [1.165, 1.54) is 6.07 Å². The van der Waals surface area contributed by atoms with Gasteiger partial charge in [0.25, 0.3) is 0 Å². The largest absolute Gasteiger partial charge is 0.478 e. The molecular formula is C10H9BrN2O4S. The Kier molecular flexibility index (Phi) is 3.16. The second kappa shape index (κ2) is 4.36.